The minimum atomic E-state index is -0.746. The van der Waals surface area contributed by atoms with Crippen LogP contribution in [0.3, 0.4) is 0 Å². The van der Waals surface area contributed by atoms with E-state index < -0.39 is 5.97 Å². The van der Waals surface area contributed by atoms with Gasteiger partial charge in [-0.25, -0.2) is 9.97 Å². The second kappa shape index (κ2) is 8.03. The molecule has 0 radical (unpaired) electrons. The molecule has 0 saturated heterocycles. The lowest BCUT2D eigenvalue weighted by Gasteiger charge is -2.14. The number of hydrogen-bond donors (Lipinski definition) is 2. The third kappa shape index (κ3) is 5.82. The van der Waals surface area contributed by atoms with Crippen molar-refractivity contribution >= 4 is 11.8 Å². The molecule has 1 aromatic heterocycles. The molecule has 0 amide bonds. The maximum Gasteiger partial charge on any atom is 0.303 e. The van der Waals surface area contributed by atoms with Gasteiger partial charge in [0.25, 0.3) is 0 Å². The molecular weight excluding hydrogens is 244 g/mol. The van der Waals surface area contributed by atoms with Gasteiger partial charge >= 0.3 is 5.97 Å². The van der Waals surface area contributed by atoms with Crippen LogP contribution >= 0.6 is 0 Å². The summed E-state index contributed by atoms with van der Waals surface area (Å²) in [5, 5.41) is 20.4. The highest BCUT2D eigenvalue weighted by Gasteiger charge is 2.08. The Morgan fingerprint density at radius 2 is 2.26 bits per heavy atom. The van der Waals surface area contributed by atoms with Crippen LogP contribution in [-0.4, -0.2) is 27.6 Å². The first kappa shape index (κ1) is 14.9. The Morgan fingerprint density at radius 3 is 2.79 bits per heavy atom. The van der Waals surface area contributed by atoms with Gasteiger partial charge in [0.2, 0.25) is 0 Å². The number of carboxylic acids is 1. The number of aliphatic carboxylic acids is 1. The standard InChI is InChI=1S/C13H18N4O2/c1-2-10(3-4-13(18)19)5-6-15-12-9-16-11(7-14)8-17-12/h8-10H,2-6H2,1H3,(H,15,17)(H,18,19). The van der Waals surface area contributed by atoms with Crippen LogP contribution in [0, 0.1) is 17.2 Å². The van der Waals surface area contributed by atoms with Gasteiger partial charge in [-0.2, -0.15) is 5.26 Å². The number of nitrogens with zero attached hydrogens (tertiary/aromatic N) is 3. The summed E-state index contributed by atoms with van der Waals surface area (Å²) in [6.45, 7) is 2.78. The van der Waals surface area contributed by atoms with E-state index >= 15 is 0 Å². The van der Waals surface area contributed by atoms with Gasteiger partial charge < -0.3 is 10.4 Å². The predicted molar refractivity (Wildman–Crippen MR) is 70.5 cm³/mol. The summed E-state index contributed by atoms with van der Waals surface area (Å²) < 4.78 is 0. The molecule has 6 nitrogen and oxygen atoms in total. The third-order valence-electron chi connectivity index (χ3n) is 2.97. The van der Waals surface area contributed by atoms with Gasteiger partial charge in [-0.05, 0) is 18.8 Å². The molecule has 0 aliphatic rings. The van der Waals surface area contributed by atoms with Crippen molar-refractivity contribution in [2.45, 2.75) is 32.6 Å². The fourth-order valence-corrected chi connectivity index (χ4v) is 1.76. The quantitative estimate of drug-likeness (QED) is 0.743. The lowest BCUT2D eigenvalue weighted by Crippen LogP contribution is -2.11. The van der Waals surface area contributed by atoms with E-state index in [-0.39, 0.29) is 6.42 Å². The number of carboxylic acid groups (broad SMARTS) is 1. The minimum Gasteiger partial charge on any atom is -0.481 e. The van der Waals surface area contributed by atoms with E-state index in [1.165, 1.54) is 12.4 Å². The van der Waals surface area contributed by atoms with Gasteiger partial charge in [0, 0.05) is 13.0 Å². The maximum absolute atomic E-state index is 10.5. The average molecular weight is 262 g/mol. The Kier molecular flexibility index (Phi) is 6.30. The van der Waals surface area contributed by atoms with Gasteiger partial charge in [0.05, 0.1) is 12.4 Å². The molecule has 1 heterocycles. The Morgan fingerprint density at radius 1 is 1.47 bits per heavy atom. The number of aromatic nitrogens is 2. The number of anilines is 1. The molecule has 1 aromatic rings. The number of hydrogen-bond acceptors (Lipinski definition) is 5. The summed E-state index contributed by atoms with van der Waals surface area (Å²) in [7, 11) is 0. The molecule has 0 aliphatic heterocycles. The molecule has 6 heteroatoms. The van der Waals surface area contributed by atoms with Crippen LogP contribution in [-0.2, 0) is 4.79 Å². The Labute approximate surface area is 112 Å². The van der Waals surface area contributed by atoms with Crippen molar-refractivity contribution in [2.75, 3.05) is 11.9 Å². The highest BCUT2D eigenvalue weighted by Crippen LogP contribution is 2.15. The summed E-state index contributed by atoms with van der Waals surface area (Å²) in [6, 6.07) is 1.91. The molecule has 1 atom stereocenters. The van der Waals surface area contributed by atoms with Gasteiger partial charge in [0.15, 0.2) is 5.69 Å². The Bertz CT molecular complexity index is 439. The zero-order valence-corrected chi connectivity index (χ0v) is 11.0. The molecule has 0 spiro atoms. The van der Waals surface area contributed by atoms with E-state index in [1.54, 1.807) is 0 Å². The molecule has 102 valence electrons. The zero-order chi connectivity index (χ0) is 14.1. The fraction of sp³-hybridized carbons (Fsp3) is 0.538. The SMILES string of the molecule is CCC(CCNc1cnc(C#N)cn1)CCC(=O)O. The van der Waals surface area contributed by atoms with Crippen molar-refractivity contribution < 1.29 is 9.90 Å². The van der Waals surface area contributed by atoms with Crippen molar-refractivity contribution in [3.8, 4) is 6.07 Å². The number of nitrogens with one attached hydrogen (secondary N) is 1. The second-order valence-corrected chi connectivity index (χ2v) is 4.32. The molecular formula is C13H18N4O2. The average Bonchev–Trinajstić information content (AvgIpc) is 2.43. The summed E-state index contributed by atoms with van der Waals surface area (Å²) in [6.07, 6.45) is 5.72. The van der Waals surface area contributed by atoms with Crippen LogP contribution in [0.15, 0.2) is 12.4 Å². The normalized spacial score (nSPS) is 11.6. The molecule has 0 bridgehead atoms. The van der Waals surface area contributed by atoms with Crippen LogP contribution in [0.4, 0.5) is 5.82 Å². The zero-order valence-electron chi connectivity index (χ0n) is 11.0. The first-order valence-electron chi connectivity index (χ1n) is 6.33. The second-order valence-electron chi connectivity index (χ2n) is 4.32. The summed E-state index contributed by atoms with van der Waals surface area (Å²) >= 11 is 0. The number of carbonyl (C=O) groups is 1. The van der Waals surface area contributed by atoms with E-state index in [4.69, 9.17) is 10.4 Å². The van der Waals surface area contributed by atoms with E-state index in [2.05, 4.69) is 22.2 Å². The lowest BCUT2D eigenvalue weighted by atomic mass is 9.97. The van der Waals surface area contributed by atoms with Crippen molar-refractivity contribution in [1.29, 1.82) is 5.26 Å². The van der Waals surface area contributed by atoms with Gasteiger partial charge in [-0.3, -0.25) is 4.79 Å². The Balaban J connectivity index is 2.31. The van der Waals surface area contributed by atoms with Crippen molar-refractivity contribution in [2.24, 2.45) is 5.92 Å². The van der Waals surface area contributed by atoms with Crippen LogP contribution < -0.4 is 5.32 Å². The first-order valence-corrected chi connectivity index (χ1v) is 6.33. The molecule has 0 aromatic carbocycles. The van der Waals surface area contributed by atoms with Crippen LogP contribution in [0.5, 0.6) is 0 Å². The molecule has 0 fully saturated rings. The predicted octanol–water partition coefficient (Wildman–Crippen LogP) is 2.04. The molecule has 0 aliphatic carbocycles. The van der Waals surface area contributed by atoms with Gasteiger partial charge in [-0.1, -0.05) is 13.3 Å². The van der Waals surface area contributed by atoms with Gasteiger partial charge in [0.1, 0.15) is 11.9 Å². The minimum absolute atomic E-state index is 0.217. The van der Waals surface area contributed by atoms with E-state index in [9.17, 15) is 4.79 Å². The molecule has 1 unspecified atom stereocenters. The summed E-state index contributed by atoms with van der Waals surface area (Å²) in [5.41, 5.74) is 0.290. The van der Waals surface area contributed by atoms with Crippen LogP contribution in [0.2, 0.25) is 0 Å². The fourth-order valence-electron chi connectivity index (χ4n) is 1.76. The van der Waals surface area contributed by atoms with Gasteiger partial charge in [-0.15, -0.1) is 0 Å². The highest BCUT2D eigenvalue weighted by atomic mass is 16.4. The third-order valence-corrected chi connectivity index (χ3v) is 2.97. The molecule has 0 saturated carbocycles. The maximum atomic E-state index is 10.5. The topological polar surface area (TPSA) is 98.9 Å². The number of rotatable bonds is 8. The molecule has 1 rings (SSSR count). The van der Waals surface area contributed by atoms with Crippen LogP contribution in [0.25, 0.3) is 0 Å². The highest BCUT2D eigenvalue weighted by molar-refractivity contribution is 5.66. The summed E-state index contributed by atoms with van der Waals surface area (Å²) in [5.74, 6) is 0.284. The molecule has 19 heavy (non-hydrogen) atoms. The van der Waals surface area contributed by atoms with Crippen molar-refractivity contribution in [1.82, 2.24) is 9.97 Å². The van der Waals surface area contributed by atoms with Crippen molar-refractivity contribution in [3.63, 3.8) is 0 Å². The Hall–Kier alpha value is -2.16. The van der Waals surface area contributed by atoms with Crippen LogP contribution in [0.1, 0.15) is 38.3 Å². The van der Waals surface area contributed by atoms with E-state index in [0.717, 1.165) is 19.4 Å². The van der Waals surface area contributed by atoms with E-state index in [1.807, 2.05) is 6.07 Å². The molecule has 2 N–H and O–H groups in total. The summed E-state index contributed by atoms with van der Waals surface area (Å²) in [4.78, 5) is 18.5. The number of nitriles is 1. The largest absolute Gasteiger partial charge is 0.481 e. The smallest absolute Gasteiger partial charge is 0.303 e. The van der Waals surface area contributed by atoms with E-state index in [0.29, 0.717) is 23.9 Å². The monoisotopic (exact) mass is 262 g/mol. The van der Waals surface area contributed by atoms with Crippen molar-refractivity contribution in [3.05, 3.63) is 18.1 Å². The first-order chi connectivity index (χ1) is 9.15. The lowest BCUT2D eigenvalue weighted by molar-refractivity contribution is -0.137.